The molecule has 0 saturated heterocycles. The van der Waals surface area contributed by atoms with Crippen LogP contribution in [0.2, 0.25) is 0 Å². The van der Waals surface area contributed by atoms with Crippen LogP contribution in [0, 0.1) is 17.3 Å². The Morgan fingerprint density at radius 2 is 2.00 bits per heavy atom. The number of hydrogen-bond acceptors (Lipinski definition) is 2. The molecule has 0 aromatic rings. The first-order valence-electron chi connectivity index (χ1n) is 6.33. The highest BCUT2D eigenvalue weighted by Crippen LogP contribution is 2.31. The molecule has 2 unspecified atom stereocenters. The van der Waals surface area contributed by atoms with Crippen LogP contribution < -0.4 is 11.1 Å². The summed E-state index contributed by atoms with van der Waals surface area (Å²) in [4.78, 5) is 11.7. The van der Waals surface area contributed by atoms with Gasteiger partial charge < -0.3 is 11.1 Å². The predicted octanol–water partition coefficient (Wildman–Crippen LogP) is 1.91. The van der Waals surface area contributed by atoms with Gasteiger partial charge in [0.25, 0.3) is 0 Å². The van der Waals surface area contributed by atoms with Gasteiger partial charge in [-0.3, -0.25) is 4.79 Å². The monoisotopic (exact) mass is 226 g/mol. The zero-order valence-electron chi connectivity index (χ0n) is 11.0. The summed E-state index contributed by atoms with van der Waals surface area (Å²) in [5.74, 6) is 1.18. The molecule has 3 nitrogen and oxygen atoms in total. The van der Waals surface area contributed by atoms with Crippen molar-refractivity contribution in [3.63, 3.8) is 0 Å². The number of nitrogens with two attached hydrogens (primary N) is 1. The van der Waals surface area contributed by atoms with Crippen LogP contribution in [0.5, 0.6) is 0 Å². The Morgan fingerprint density at radius 3 is 2.44 bits per heavy atom. The van der Waals surface area contributed by atoms with Crippen molar-refractivity contribution in [3.05, 3.63) is 0 Å². The molecular formula is C13H26N2O. The van der Waals surface area contributed by atoms with Gasteiger partial charge in [-0.25, -0.2) is 0 Å². The van der Waals surface area contributed by atoms with E-state index in [9.17, 15) is 4.79 Å². The molecular weight excluding hydrogens is 200 g/mol. The number of nitrogens with one attached hydrogen (secondary N) is 1. The maximum atomic E-state index is 11.7. The van der Waals surface area contributed by atoms with Crippen LogP contribution in [0.4, 0.5) is 0 Å². The van der Waals surface area contributed by atoms with Crippen LogP contribution in [0.1, 0.15) is 47.0 Å². The summed E-state index contributed by atoms with van der Waals surface area (Å²) in [6.45, 7) is 9.27. The lowest BCUT2D eigenvalue weighted by Crippen LogP contribution is -2.39. The van der Waals surface area contributed by atoms with Gasteiger partial charge in [-0.2, -0.15) is 0 Å². The van der Waals surface area contributed by atoms with E-state index < -0.39 is 0 Å². The fraction of sp³-hybridized carbons (Fsp3) is 0.923. The van der Waals surface area contributed by atoms with Gasteiger partial charge in [0, 0.05) is 19.0 Å². The Bertz CT molecular complexity index is 241. The quantitative estimate of drug-likeness (QED) is 0.752. The van der Waals surface area contributed by atoms with E-state index >= 15 is 0 Å². The van der Waals surface area contributed by atoms with Crippen LogP contribution in [-0.2, 0) is 4.79 Å². The van der Waals surface area contributed by atoms with Crippen LogP contribution in [0.15, 0.2) is 0 Å². The van der Waals surface area contributed by atoms with Crippen molar-refractivity contribution in [1.29, 1.82) is 0 Å². The Hall–Kier alpha value is -0.570. The first kappa shape index (κ1) is 13.5. The average Bonchev–Trinajstić information content (AvgIpc) is 2.95. The van der Waals surface area contributed by atoms with Crippen molar-refractivity contribution in [2.75, 3.05) is 6.54 Å². The molecule has 0 radical (unpaired) electrons. The third-order valence-electron chi connectivity index (χ3n) is 3.73. The third kappa shape index (κ3) is 4.52. The fourth-order valence-electron chi connectivity index (χ4n) is 1.58. The zero-order valence-corrected chi connectivity index (χ0v) is 11.0. The van der Waals surface area contributed by atoms with Gasteiger partial charge in [-0.15, -0.1) is 0 Å². The molecule has 1 fully saturated rings. The minimum absolute atomic E-state index is 0.138. The molecule has 1 aliphatic rings. The van der Waals surface area contributed by atoms with Crippen molar-refractivity contribution in [3.8, 4) is 0 Å². The van der Waals surface area contributed by atoms with Crippen LogP contribution in [0.3, 0.4) is 0 Å². The zero-order chi connectivity index (χ0) is 12.3. The molecule has 3 heteroatoms. The molecule has 16 heavy (non-hydrogen) atoms. The average molecular weight is 226 g/mol. The number of rotatable bonds is 5. The van der Waals surface area contributed by atoms with E-state index in [-0.39, 0.29) is 17.4 Å². The molecule has 2 atom stereocenters. The second-order valence-corrected chi connectivity index (χ2v) is 6.28. The van der Waals surface area contributed by atoms with E-state index in [0.29, 0.717) is 24.8 Å². The first-order valence-corrected chi connectivity index (χ1v) is 6.33. The maximum Gasteiger partial charge on any atom is 0.220 e. The fourth-order valence-corrected chi connectivity index (χ4v) is 1.58. The van der Waals surface area contributed by atoms with Crippen molar-refractivity contribution in [2.45, 2.75) is 53.0 Å². The molecule has 0 aliphatic heterocycles. The van der Waals surface area contributed by atoms with Gasteiger partial charge in [0.15, 0.2) is 0 Å². The molecule has 0 bridgehead atoms. The second kappa shape index (κ2) is 5.17. The third-order valence-corrected chi connectivity index (χ3v) is 3.73. The number of carbonyl (C=O) groups excluding carboxylic acids is 1. The van der Waals surface area contributed by atoms with E-state index in [1.165, 1.54) is 12.8 Å². The number of hydrogen-bond donors (Lipinski definition) is 2. The molecule has 1 aliphatic carbocycles. The molecule has 94 valence electrons. The van der Waals surface area contributed by atoms with E-state index in [1.54, 1.807) is 0 Å². The molecule has 1 saturated carbocycles. The first-order chi connectivity index (χ1) is 7.30. The molecule has 0 aromatic heterocycles. The molecule has 0 heterocycles. The predicted molar refractivity (Wildman–Crippen MR) is 66.9 cm³/mol. The summed E-state index contributed by atoms with van der Waals surface area (Å²) in [7, 11) is 0. The summed E-state index contributed by atoms with van der Waals surface area (Å²) in [5, 5.41) is 2.94. The van der Waals surface area contributed by atoms with Crippen LogP contribution in [-0.4, -0.2) is 18.5 Å². The van der Waals surface area contributed by atoms with Gasteiger partial charge in [-0.05, 0) is 30.1 Å². The molecule has 1 rings (SSSR count). The summed E-state index contributed by atoms with van der Waals surface area (Å²) in [5.41, 5.74) is 6.12. The second-order valence-electron chi connectivity index (χ2n) is 6.28. The van der Waals surface area contributed by atoms with E-state index in [4.69, 9.17) is 5.73 Å². The minimum Gasteiger partial charge on any atom is -0.355 e. The van der Waals surface area contributed by atoms with Gasteiger partial charge in [0.05, 0.1) is 0 Å². The lowest BCUT2D eigenvalue weighted by Gasteiger charge is -2.26. The van der Waals surface area contributed by atoms with Crippen molar-refractivity contribution in [1.82, 2.24) is 5.32 Å². The van der Waals surface area contributed by atoms with Gasteiger partial charge in [-0.1, -0.05) is 27.7 Å². The minimum atomic E-state index is 0.138. The van der Waals surface area contributed by atoms with Crippen molar-refractivity contribution >= 4 is 5.91 Å². The van der Waals surface area contributed by atoms with Crippen LogP contribution in [0.25, 0.3) is 0 Å². The highest BCUT2D eigenvalue weighted by Gasteiger charge is 2.29. The highest BCUT2D eigenvalue weighted by atomic mass is 16.1. The van der Waals surface area contributed by atoms with Gasteiger partial charge in [0.2, 0.25) is 5.91 Å². The van der Waals surface area contributed by atoms with Crippen molar-refractivity contribution < 1.29 is 4.79 Å². The lowest BCUT2D eigenvalue weighted by atomic mass is 9.80. The Labute approximate surface area is 99.2 Å². The smallest absolute Gasteiger partial charge is 0.220 e. The van der Waals surface area contributed by atoms with E-state index in [2.05, 4.69) is 33.0 Å². The molecule has 0 spiro atoms. The van der Waals surface area contributed by atoms with E-state index in [0.717, 1.165) is 0 Å². The Balaban J connectivity index is 2.19. The standard InChI is InChI=1S/C13H26N2O/c1-9(13(2,3)4)7-12(16)15-8-11(14)10-5-6-10/h9-11H,5-8,14H2,1-4H3,(H,15,16). The van der Waals surface area contributed by atoms with Gasteiger partial charge >= 0.3 is 0 Å². The molecule has 0 aromatic carbocycles. The Morgan fingerprint density at radius 1 is 1.44 bits per heavy atom. The van der Waals surface area contributed by atoms with E-state index in [1.807, 2.05) is 0 Å². The molecule has 3 N–H and O–H groups in total. The topological polar surface area (TPSA) is 55.1 Å². The maximum absolute atomic E-state index is 11.7. The highest BCUT2D eigenvalue weighted by molar-refractivity contribution is 5.76. The summed E-state index contributed by atoms with van der Waals surface area (Å²) in [6, 6.07) is 0.161. The number of amides is 1. The van der Waals surface area contributed by atoms with Crippen molar-refractivity contribution in [2.24, 2.45) is 23.0 Å². The lowest BCUT2D eigenvalue weighted by molar-refractivity contribution is -0.122. The Kier molecular flexibility index (Phi) is 4.36. The number of carbonyl (C=O) groups is 1. The SMILES string of the molecule is CC(CC(=O)NCC(N)C1CC1)C(C)(C)C. The normalized spacial score (nSPS) is 20.3. The van der Waals surface area contributed by atoms with Crippen LogP contribution >= 0.6 is 0 Å². The summed E-state index contributed by atoms with van der Waals surface area (Å²) < 4.78 is 0. The molecule has 1 amide bonds. The van der Waals surface area contributed by atoms with Gasteiger partial charge in [0.1, 0.15) is 0 Å². The summed E-state index contributed by atoms with van der Waals surface area (Å²) >= 11 is 0. The summed E-state index contributed by atoms with van der Waals surface area (Å²) in [6.07, 6.45) is 3.06. The largest absolute Gasteiger partial charge is 0.355 e.